The van der Waals surface area contributed by atoms with Crippen molar-refractivity contribution in [3.63, 3.8) is 0 Å². The summed E-state index contributed by atoms with van der Waals surface area (Å²) in [5.41, 5.74) is 0.168. The summed E-state index contributed by atoms with van der Waals surface area (Å²) in [4.78, 5) is 0. The van der Waals surface area contributed by atoms with Crippen LogP contribution in [-0.4, -0.2) is 30.7 Å². The Bertz CT molecular complexity index is 186. The zero-order chi connectivity index (χ0) is 10.6. The molecule has 0 aromatic heterocycles. The fourth-order valence-electron chi connectivity index (χ4n) is 2.76. The van der Waals surface area contributed by atoms with Crippen LogP contribution in [0.1, 0.15) is 44.9 Å². The topological polar surface area (TPSA) is 21.3 Å². The highest BCUT2D eigenvalue weighted by Gasteiger charge is 2.33. The third kappa shape index (κ3) is 3.08. The lowest BCUT2D eigenvalue weighted by molar-refractivity contribution is 0.0397. The van der Waals surface area contributed by atoms with Crippen LogP contribution >= 0.6 is 11.6 Å². The van der Waals surface area contributed by atoms with Gasteiger partial charge in [-0.2, -0.15) is 0 Å². The third-order valence-corrected chi connectivity index (χ3v) is 4.33. The molecular formula is C12H22ClNO. The molecule has 1 aliphatic carbocycles. The highest BCUT2D eigenvalue weighted by atomic mass is 35.5. The Morgan fingerprint density at radius 3 is 2.40 bits per heavy atom. The molecule has 15 heavy (non-hydrogen) atoms. The molecule has 0 amide bonds. The molecule has 2 fully saturated rings. The normalized spacial score (nSPS) is 27.8. The molecule has 2 nitrogen and oxygen atoms in total. The molecule has 2 rings (SSSR count). The zero-order valence-corrected chi connectivity index (χ0v) is 10.2. The summed E-state index contributed by atoms with van der Waals surface area (Å²) in [6.45, 7) is 1.74. The summed E-state index contributed by atoms with van der Waals surface area (Å²) in [5.74, 6) is 0.729. The van der Waals surface area contributed by atoms with Gasteiger partial charge in [0.25, 0.3) is 0 Å². The van der Waals surface area contributed by atoms with Gasteiger partial charge in [-0.05, 0) is 25.7 Å². The van der Waals surface area contributed by atoms with Crippen molar-refractivity contribution in [1.29, 1.82) is 0 Å². The number of rotatable bonds is 3. The van der Waals surface area contributed by atoms with Crippen LogP contribution in [0.3, 0.4) is 0 Å². The second-order valence-corrected chi connectivity index (χ2v) is 5.27. The molecule has 0 atom stereocenters. The van der Waals surface area contributed by atoms with Gasteiger partial charge in [0.2, 0.25) is 0 Å². The van der Waals surface area contributed by atoms with Crippen molar-refractivity contribution in [1.82, 2.24) is 5.32 Å². The second-order valence-electron chi connectivity index (χ2n) is 5.01. The number of ether oxygens (including phenoxy) is 1. The minimum Gasteiger partial charge on any atom is -0.381 e. The molecule has 1 saturated carbocycles. The zero-order valence-electron chi connectivity index (χ0n) is 9.43. The Labute approximate surface area is 97.7 Å². The van der Waals surface area contributed by atoms with Gasteiger partial charge in [-0.25, -0.2) is 0 Å². The first-order valence-electron chi connectivity index (χ1n) is 6.26. The fourth-order valence-corrected chi connectivity index (χ4v) is 3.10. The minimum absolute atomic E-state index is 0.168. The van der Waals surface area contributed by atoms with Crippen molar-refractivity contribution in [3.8, 4) is 0 Å². The van der Waals surface area contributed by atoms with Crippen LogP contribution in [0.25, 0.3) is 0 Å². The maximum atomic E-state index is 6.14. The van der Waals surface area contributed by atoms with Crippen molar-refractivity contribution in [2.24, 2.45) is 0 Å². The smallest absolute Gasteiger partial charge is 0.0484 e. The van der Waals surface area contributed by atoms with Gasteiger partial charge in [-0.3, -0.25) is 0 Å². The Morgan fingerprint density at radius 2 is 1.80 bits per heavy atom. The second kappa shape index (κ2) is 5.51. The molecule has 0 aromatic carbocycles. The molecule has 0 spiro atoms. The van der Waals surface area contributed by atoms with E-state index in [0.717, 1.165) is 31.9 Å². The summed E-state index contributed by atoms with van der Waals surface area (Å²) in [5, 5.41) is 3.81. The van der Waals surface area contributed by atoms with Gasteiger partial charge in [-0.15, -0.1) is 11.6 Å². The molecule has 1 heterocycles. The van der Waals surface area contributed by atoms with E-state index in [0.29, 0.717) is 6.04 Å². The molecule has 0 aromatic rings. The van der Waals surface area contributed by atoms with Crippen molar-refractivity contribution in [2.45, 2.75) is 56.5 Å². The van der Waals surface area contributed by atoms with E-state index in [4.69, 9.17) is 16.3 Å². The van der Waals surface area contributed by atoms with Gasteiger partial charge in [-0.1, -0.05) is 19.3 Å². The Hall–Kier alpha value is 0.210. The van der Waals surface area contributed by atoms with Crippen LogP contribution in [0.2, 0.25) is 0 Å². The number of alkyl halides is 1. The molecule has 1 N–H and O–H groups in total. The van der Waals surface area contributed by atoms with Crippen LogP contribution in [0, 0.1) is 0 Å². The van der Waals surface area contributed by atoms with Gasteiger partial charge >= 0.3 is 0 Å². The average Bonchev–Trinajstić information content (AvgIpc) is 2.32. The van der Waals surface area contributed by atoms with Gasteiger partial charge in [0.1, 0.15) is 0 Å². The van der Waals surface area contributed by atoms with Crippen molar-refractivity contribution in [2.75, 3.05) is 19.1 Å². The number of nitrogens with one attached hydrogen (secondary N) is 1. The monoisotopic (exact) mass is 231 g/mol. The predicted molar refractivity (Wildman–Crippen MR) is 63.5 cm³/mol. The fraction of sp³-hybridized carbons (Fsp3) is 1.00. The molecule has 1 saturated heterocycles. The van der Waals surface area contributed by atoms with E-state index in [1.54, 1.807) is 0 Å². The van der Waals surface area contributed by atoms with E-state index in [1.165, 1.54) is 32.1 Å². The van der Waals surface area contributed by atoms with Crippen LogP contribution in [-0.2, 0) is 4.74 Å². The van der Waals surface area contributed by atoms with Crippen LogP contribution < -0.4 is 5.32 Å². The van der Waals surface area contributed by atoms with E-state index < -0.39 is 0 Å². The van der Waals surface area contributed by atoms with E-state index >= 15 is 0 Å². The maximum absolute atomic E-state index is 6.14. The van der Waals surface area contributed by atoms with Crippen molar-refractivity contribution < 1.29 is 4.74 Å². The van der Waals surface area contributed by atoms with Crippen LogP contribution in [0.15, 0.2) is 0 Å². The summed E-state index contributed by atoms with van der Waals surface area (Å²) in [6, 6.07) is 0.704. The maximum Gasteiger partial charge on any atom is 0.0484 e. The lowest BCUT2D eigenvalue weighted by Gasteiger charge is -2.40. The predicted octanol–water partition coefficient (Wildman–Crippen LogP) is 2.70. The first-order valence-corrected chi connectivity index (χ1v) is 6.79. The Morgan fingerprint density at radius 1 is 1.13 bits per heavy atom. The quantitative estimate of drug-likeness (QED) is 0.755. The molecule has 3 heteroatoms. The standard InChI is InChI=1S/C12H22ClNO/c13-10-12(6-8-15-9-7-12)14-11-4-2-1-3-5-11/h11,14H,1-10H2. The van der Waals surface area contributed by atoms with E-state index in [9.17, 15) is 0 Å². The lowest BCUT2D eigenvalue weighted by atomic mass is 9.87. The van der Waals surface area contributed by atoms with E-state index in [1.807, 2.05) is 0 Å². The molecule has 1 aliphatic heterocycles. The number of hydrogen-bond donors (Lipinski definition) is 1. The molecule has 0 unspecified atom stereocenters. The highest BCUT2D eigenvalue weighted by molar-refractivity contribution is 6.18. The number of hydrogen-bond acceptors (Lipinski definition) is 2. The molecule has 88 valence electrons. The van der Waals surface area contributed by atoms with E-state index in [-0.39, 0.29) is 5.54 Å². The average molecular weight is 232 g/mol. The molecule has 2 aliphatic rings. The van der Waals surface area contributed by atoms with Gasteiger partial charge in [0.05, 0.1) is 0 Å². The first kappa shape index (κ1) is 11.7. The Kier molecular flexibility index (Phi) is 4.30. The summed E-state index contributed by atoms with van der Waals surface area (Å²) >= 11 is 6.14. The summed E-state index contributed by atoms with van der Waals surface area (Å²) < 4.78 is 5.42. The van der Waals surface area contributed by atoms with Crippen molar-refractivity contribution >= 4 is 11.6 Å². The minimum atomic E-state index is 0.168. The van der Waals surface area contributed by atoms with Gasteiger partial charge in [0, 0.05) is 30.7 Å². The largest absolute Gasteiger partial charge is 0.381 e. The van der Waals surface area contributed by atoms with E-state index in [2.05, 4.69) is 5.32 Å². The van der Waals surface area contributed by atoms with Crippen molar-refractivity contribution in [3.05, 3.63) is 0 Å². The highest BCUT2D eigenvalue weighted by Crippen LogP contribution is 2.26. The van der Waals surface area contributed by atoms with Crippen LogP contribution in [0.4, 0.5) is 0 Å². The molecule has 0 bridgehead atoms. The van der Waals surface area contributed by atoms with Gasteiger partial charge in [0.15, 0.2) is 0 Å². The molecule has 0 radical (unpaired) electrons. The SMILES string of the molecule is ClCC1(NC2CCCCC2)CCOCC1. The Balaban J connectivity index is 1.87. The third-order valence-electron chi connectivity index (χ3n) is 3.82. The van der Waals surface area contributed by atoms with Gasteiger partial charge < -0.3 is 10.1 Å². The lowest BCUT2D eigenvalue weighted by Crippen LogP contribution is -2.55. The summed E-state index contributed by atoms with van der Waals surface area (Å²) in [7, 11) is 0. The first-order chi connectivity index (χ1) is 7.35. The molecular weight excluding hydrogens is 210 g/mol. The number of halogens is 1. The summed E-state index contributed by atoms with van der Waals surface area (Å²) in [6.07, 6.45) is 8.99. The van der Waals surface area contributed by atoms with Crippen LogP contribution in [0.5, 0.6) is 0 Å².